The summed E-state index contributed by atoms with van der Waals surface area (Å²) in [7, 11) is 0. The number of benzene rings is 1. The van der Waals surface area contributed by atoms with E-state index in [0.29, 0.717) is 5.02 Å². The second kappa shape index (κ2) is 4.56. The van der Waals surface area contributed by atoms with E-state index in [9.17, 15) is 0 Å². The Labute approximate surface area is 94.5 Å². The fourth-order valence-corrected chi connectivity index (χ4v) is 2.43. The third-order valence-electron chi connectivity index (χ3n) is 1.62. The summed E-state index contributed by atoms with van der Waals surface area (Å²) in [5.41, 5.74) is 0.939. The molecule has 0 spiro atoms. The molecule has 0 heterocycles. The molecule has 1 aromatic rings. The van der Waals surface area contributed by atoms with Crippen LogP contribution in [-0.2, 0) is 6.61 Å². The van der Waals surface area contributed by atoms with Gasteiger partial charge in [-0.3, -0.25) is 0 Å². The van der Waals surface area contributed by atoms with E-state index in [1.54, 1.807) is 17.8 Å². The van der Waals surface area contributed by atoms with Crippen LogP contribution in [0.25, 0.3) is 0 Å². The van der Waals surface area contributed by atoms with E-state index in [2.05, 4.69) is 20.8 Å². The molecule has 0 bridgehead atoms. The lowest BCUT2D eigenvalue weighted by Gasteiger charge is -2.19. The lowest BCUT2D eigenvalue weighted by Crippen LogP contribution is -2.07. The summed E-state index contributed by atoms with van der Waals surface area (Å²) in [6.07, 6.45) is 0. The quantitative estimate of drug-likeness (QED) is 0.782. The molecule has 3 heteroatoms. The maximum Gasteiger partial charge on any atom is 0.0692 e. The average molecular weight is 231 g/mol. The van der Waals surface area contributed by atoms with Crippen LogP contribution in [0.15, 0.2) is 23.1 Å². The van der Waals surface area contributed by atoms with Crippen molar-refractivity contribution < 1.29 is 5.11 Å². The second-order valence-electron chi connectivity index (χ2n) is 4.12. The van der Waals surface area contributed by atoms with E-state index < -0.39 is 0 Å². The zero-order chi connectivity index (χ0) is 10.8. The van der Waals surface area contributed by atoms with Gasteiger partial charge in [0.15, 0.2) is 0 Å². The van der Waals surface area contributed by atoms with Crippen molar-refractivity contribution in [3.63, 3.8) is 0 Å². The molecule has 0 unspecified atom stereocenters. The third-order valence-corrected chi connectivity index (χ3v) is 3.06. The van der Waals surface area contributed by atoms with E-state index in [1.807, 2.05) is 12.1 Å². The normalized spacial score (nSPS) is 11.8. The number of hydrogen-bond acceptors (Lipinski definition) is 2. The number of aliphatic hydroxyl groups is 1. The molecule has 0 aromatic heterocycles. The van der Waals surface area contributed by atoms with Gasteiger partial charge in [0, 0.05) is 14.7 Å². The maximum atomic E-state index is 9.15. The molecular weight excluding hydrogens is 216 g/mol. The van der Waals surface area contributed by atoms with Crippen LogP contribution in [0.3, 0.4) is 0 Å². The van der Waals surface area contributed by atoms with Crippen LogP contribution in [0.1, 0.15) is 26.3 Å². The first kappa shape index (κ1) is 11.9. The fraction of sp³-hybridized carbons (Fsp3) is 0.455. The first-order chi connectivity index (χ1) is 6.42. The van der Waals surface area contributed by atoms with Gasteiger partial charge >= 0.3 is 0 Å². The van der Waals surface area contributed by atoms with Crippen LogP contribution in [0.2, 0.25) is 5.02 Å². The van der Waals surface area contributed by atoms with Crippen LogP contribution in [0.5, 0.6) is 0 Å². The first-order valence-corrected chi connectivity index (χ1v) is 5.70. The summed E-state index contributed by atoms with van der Waals surface area (Å²) in [6, 6.07) is 5.58. The van der Waals surface area contributed by atoms with Gasteiger partial charge in [0.2, 0.25) is 0 Å². The molecule has 0 aliphatic rings. The van der Waals surface area contributed by atoms with Crippen molar-refractivity contribution in [2.75, 3.05) is 0 Å². The zero-order valence-corrected chi connectivity index (χ0v) is 10.2. The maximum absolute atomic E-state index is 9.15. The summed E-state index contributed by atoms with van der Waals surface area (Å²) in [4.78, 5) is 1.06. The lowest BCUT2D eigenvalue weighted by molar-refractivity contribution is 0.279. The Balaban J connectivity index is 2.99. The molecule has 0 fully saturated rings. The predicted molar refractivity (Wildman–Crippen MR) is 63.0 cm³/mol. The Morgan fingerprint density at radius 3 is 2.50 bits per heavy atom. The summed E-state index contributed by atoms with van der Waals surface area (Å²) in [5, 5.41) is 9.87. The highest BCUT2D eigenvalue weighted by Crippen LogP contribution is 2.35. The van der Waals surface area contributed by atoms with Gasteiger partial charge in [-0.1, -0.05) is 38.4 Å². The van der Waals surface area contributed by atoms with E-state index in [1.165, 1.54) is 0 Å². The van der Waals surface area contributed by atoms with E-state index in [4.69, 9.17) is 16.7 Å². The number of aliphatic hydroxyl groups excluding tert-OH is 1. The summed E-state index contributed by atoms with van der Waals surface area (Å²) in [5.74, 6) is 0. The average Bonchev–Trinajstić information content (AvgIpc) is 2.01. The lowest BCUT2D eigenvalue weighted by atomic mass is 10.2. The van der Waals surface area contributed by atoms with Crippen molar-refractivity contribution in [3.05, 3.63) is 28.8 Å². The van der Waals surface area contributed by atoms with E-state index >= 15 is 0 Å². The molecule has 0 radical (unpaired) electrons. The van der Waals surface area contributed by atoms with Gasteiger partial charge in [0.1, 0.15) is 0 Å². The third kappa shape index (κ3) is 3.52. The Hall–Kier alpha value is -0.180. The molecule has 1 nitrogen and oxygen atoms in total. The molecule has 0 atom stereocenters. The zero-order valence-electron chi connectivity index (χ0n) is 8.67. The van der Waals surface area contributed by atoms with Gasteiger partial charge in [-0.2, -0.15) is 0 Å². The van der Waals surface area contributed by atoms with E-state index in [-0.39, 0.29) is 11.4 Å². The molecular formula is C11H15ClOS. The minimum atomic E-state index is 0.0651. The molecule has 1 rings (SSSR count). The smallest absolute Gasteiger partial charge is 0.0692 e. The number of hydrogen-bond donors (Lipinski definition) is 1. The monoisotopic (exact) mass is 230 g/mol. The van der Waals surface area contributed by atoms with Gasteiger partial charge in [-0.25, -0.2) is 0 Å². The van der Waals surface area contributed by atoms with Gasteiger partial charge < -0.3 is 5.11 Å². The second-order valence-corrected chi connectivity index (χ2v) is 6.43. The Morgan fingerprint density at radius 1 is 1.36 bits per heavy atom. The molecule has 0 amide bonds. The van der Waals surface area contributed by atoms with Crippen LogP contribution >= 0.6 is 23.4 Å². The van der Waals surface area contributed by atoms with Gasteiger partial charge in [-0.05, 0) is 17.7 Å². The van der Waals surface area contributed by atoms with Crippen molar-refractivity contribution >= 4 is 23.4 Å². The number of rotatable bonds is 2. The number of halogens is 1. The molecule has 0 saturated carbocycles. The van der Waals surface area contributed by atoms with Crippen LogP contribution in [0.4, 0.5) is 0 Å². The molecule has 0 aliphatic carbocycles. The first-order valence-electron chi connectivity index (χ1n) is 4.51. The van der Waals surface area contributed by atoms with Crippen LogP contribution in [-0.4, -0.2) is 9.85 Å². The number of thioether (sulfide) groups is 1. The Morgan fingerprint density at radius 2 is 2.00 bits per heavy atom. The van der Waals surface area contributed by atoms with Gasteiger partial charge in [0.25, 0.3) is 0 Å². The minimum Gasteiger partial charge on any atom is -0.392 e. The topological polar surface area (TPSA) is 20.2 Å². The van der Waals surface area contributed by atoms with Crippen molar-refractivity contribution in [2.45, 2.75) is 37.0 Å². The van der Waals surface area contributed by atoms with Crippen LogP contribution in [0, 0.1) is 0 Å². The molecule has 1 N–H and O–H groups in total. The molecule has 1 aromatic carbocycles. The molecule has 0 saturated heterocycles. The van der Waals surface area contributed by atoms with Crippen LogP contribution < -0.4 is 0 Å². The van der Waals surface area contributed by atoms with Gasteiger partial charge in [0.05, 0.1) is 6.61 Å². The summed E-state index contributed by atoms with van der Waals surface area (Å²) >= 11 is 7.63. The Bertz CT molecular complexity index is 318. The summed E-state index contributed by atoms with van der Waals surface area (Å²) < 4.78 is 0.134. The van der Waals surface area contributed by atoms with Crippen molar-refractivity contribution in [2.24, 2.45) is 0 Å². The highest BCUT2D eigenvalue weighted by molar-refractivity contribution is 8.00. The molecule has 0 aliphatic heterocycles. The van der Waals surface area contributed by atoms with Crippen molar-refractivity contribution in [1.29, 1.82) is 0 Å². The SMILES string of the molecule is CC(C)(C)Sc1cc(Cl)ccc1CO. The Kier molecular flexibility index (Phi) is 3.87. The minimum absolute atomic E-state index is 0.0651. The predicted octanol–water partition coefficient (Wildman–Crippen LogP) is 3.72. The highest BCUT2D eigenvalue weighted by Gasteiger charge is 2.14. The fourth-order valence-electron chi connectivity index (χ4n) is 1.08. The highest BCUT2D eigenvalue weighted by atomic mass is 35.5. The summed E-state index contributed by atoms with van der Waals surface area (Å²) in [6.45, 7) is 6.48. The van der Waals surface area contributed by atoms with E-state index in [0.717, 1.165) is 10.5 Å². The van der Waals surface area contributed by atoms with Gasteiger partial charge in [-0.15, -0.1) is 11.8 Å². The van der Waals surface area contributed by atoms with Crippen molar-refractivity contribution in [3.8, 4) is 0 Å². The molecule has 78 valence electrons. The molecule has 14 heavy (non-hydrogen) atoms. The largest absolute Gasteiger partial charge is 0.392 e. The standard InChI is InChI=1S/C11H15ClOS/c1-11(2,3)14-10-6-9(12)5-4-8(10)7-13/h4-6,13H,7H2,1-3H3. The van der Waals surface area contributed by atoms with Crippen molar-refractivity contribution in [1.82, 2.24) is 0 Å².